The third-order valence-corrected chi connectivity index (χ3v) is 6.12. The SMILES string of the molecule is Cc1ccc(C(=O)O)c2c1N[C@H](c1cccc3ccccc13)[C@@H]1CC=C[C@H]21. The highest BCUT2D eigenvalue weighted by Crippen LogP contribution is 2.52. The van der Waals surface area contributed by atoms with Crippen LogP contribution < -0.4 is 5.32 Å². The number of benzene rings is 3. The smallest absolute Gasteiger partial charge is 0.336 e. The van der Waals surface area contributed by atoms with E-state index in [-0.39, 0.29) is 12.0 Å². The van der Waals surface area contributed by atoms with Crippen LogP contribution in [0.2, 0.25) is 0 Å². The van der Waals surface area contributed by atoms with Crippen LogP contribution in [0.1, 0.15) is 45.4 Å². The summed E-state index contributed by atoms with van der Waals surface area (Å²) >= 11 is 0. The topological polar surface area (TPSA) is 49.3 Å². The van der Waals surface area contributed by atoms with Gasteiger partial charge in [0.25, 0.3) is 0 Å². The van der Waals surface area contributed by atoms with Crippen LogP contribution in [0.3, 0.4) is 0 Å². The first kappa shape index (κ1) is 16.1. The molecule has 1 aliphatic carbocycles. The van der Waals surface area contributed by atoms with Gasteiger partial charge in [-0.3, -0.25) is 0 Å². The van der Waals surface area contributed by atoms with Gasteiger partial charge >= 0.3 is 5.97 Å². The predicted octanol–water partition coefficient (Wildman–Crippen LogP) is 5.67. The van der Waals surface area contributed by atoms with Gasteiger partial charge in [-0.15, -0.1) is 0 Å². The number of nitrogens with one attached hydrogen (secondary N) is 1. The number of carboxylic acids is 1. The van der Waals surface area contributed by atoms with E-state index < -0.39 is 5.97 Å². The van der Waals surface area contributed by atoms with Gasteiger partial charge in [-0.05, 0) is 52.8 Å². The normalized spacial score (nSPS) is 22.9. The van der Waals surface area contributed by atoms with Crippen molar-refractivity contribution in [2.24, 2.45) is 5.92 Å². The Morgan fingerprint density at radius 3 is 2.74 bits per heavy atom. The van der Waals surface area contributed by atoms with Crippen molar-refractivity contribution in [3.8, 4) is 0 Å². The number of rotatable bonds is 2. The Hall–Kier alpha value is -3.07. The molecule has 0 fully saturated rings. The first-order valence-electron chi connectivity index (χ1n) is 9.43. The summed E-state index contributed by atoms with van der Waals surface area (Å²) in [5.41, 5.74) is 4.73. The molecule has 0 spiro atoms. The predicted molar refractivity (Wildman–Crippen MR) is 108 cm³/mol. The maximum atomic E-state index is 11.8. The minimum Gasteiger partial charge on any atom is -0.478 e. The van der Waals surface area contributed by atoms with Crippen molar-refractivity contribution < 1.29 is 9.90 Å². The Labute approximate surface area is 158 Å². The largest absolute Gasteiger partial charge is 0.478 e. The summed E-state index contributed by atoms with van der Waals surface area (Å²) in [6.45, 7) is 2.05. The van der Waals surface area contributed by atoms with Crippen molar-refractivity contribution in [2.45, 2.75) is 25.3 Å². The van der Waals surface area contributed by atoms with Crippen LogP contribution in [-0.4, -0.2) is 11.1 Å². The Balaban J connectivity index is 1.72. The molecule has 5 rings (SSSR count). The van der Waals surface area contributed by atoms with Gasteiger partial charge < -0.3 is 10.4 Å². The molecule has 0 saturated heterocycles. The van der Waals surface area contributed by atoms with Crippen LogP contribution in [0.4, 0.5) is 5.69 Å². The lowest BCUT2D eigenvalue weighted by atomic mass is 9.74. The first-order valence-corrected chi connectivity index (χ1v) is 9.43. The van der Waals surface area contributed by atoms with E-state index in [1.54, 1.807) is 6.07 Å². The fourth-order valence-electron chi connectivity index (χ4n) is 4.87. The van der Waals surface area contributed by atoms with Crippen molar-refractivity contribution in [1.82, 2.24) is 0 Å². The van der Waals surface area contributed by atoms with Gasteiger partial charge in [-0.2, -0.15) is 0 Å². The highest BCUT2D eigenvalue weighted by atomic mass is 16.4. The molecule has 0 radical (unpaired) electrons. The van der Waals surface area contributed by atoms with Gasteiger partial charge in [0.1, 0.15) is 0 Å². The summed E-state index contributed by atoms with van der Waals surface area (Å²) in [6.07, 6.45) is 5.37. The molecule has 27 heavy (non-hydrogen) atoms. The lowest BCUT2D eigenvalue weighted by Gasteiger charge is -2.39. The number of allylic oxidation sites excluding steroid dienone is 2. The molecule has 0 bridgehead atoms. The van der Waals surface area contributed by atoms with E-state index >= 15 is 0 Å². The van der Waals surface area contributed by atoms with E-state index in [4.69, 9.17) is 0 Å². The van der Waals surface area contributed by atoms with Gasteiger partial charge in [0.15, 0.2) is 0 Å². The van der Waals surface area contributed by atoms with E-state index in [1.807, 2.05) is 6.07 Å². The molecule has 3 atom stereocenters. The van der Waals surface area contributed by atoms with Crippen LogP contribution >= 0.6 is 0 Å². The van der Waals surface area contributed by atoms with E-state index in [1.165, 1.54) is 16.3 Å². The first-order chi connectivity index (χ1) is 13.1. The fourth-order valence-corrected chi connectivity index (χ4v) is 4.87. The summed E-state index contributed by atoms with van der Waals surface area (Å²) in [7, 11) is 0. The maximum absolute atomic E-state index is 11.8. The second-order valence-corrected chi connectivity index (χ2v) is 7.57. The lowest BCUT2D eigenvalue weighted by molar-refractivity contribution is 0.0695. The number of hydrogen-bond acceptors (Lipinski definition) is 2. The summed E-state index contributed by atoms with van der Waals surface area (Å²) in [5.74, 6) is -0.393. The average molecular weight is 355 g/mol. The maximum Gasteiger partial charge on any atom is 0.336 e. The zero-order valence-electron chi connectivity index (χ0n) is 15.1. The van der Waals surface area contributed by atoms with Crippen molar-refractivity contribution in [3.05, 3.63) is 89.0 Å². The zero-order chi connectivity index (χ0) is 18.5. The van der Waals surface area contributed by atoms with Gasteiger partial charge in [0, 0.05) is 11.6 Å². The molecule has 0 saturated carbocycles. The van der Waals surface area contributed by atoms with Crippen molar-refractivity contribution in [2.75, 3.05) is 5.32 Å². The molecule has 1 heterocycles. The van der Waals surface area contributed by atoms with E-state index in [9.17, 15) is 9.90 Å². The highest BCUT2D eigenvalue weighted by molar-refractivity contribution is 5.93. The van der Waals surface area contributed by atoms with Gasteiger partial charge in [-0.25, -0.2) is 4.79 Å². The molecule has 3 aromatic carbocycles. The number of hydrogen-bond donors (Lipinski definition) is 2. The minimum absolute atomic E-state index is 0.135. The lowest BCUT2D eigenvalue weighted by Crippen LogP contribution is -2.31. The Morgan fingerprint density at radius 1 is 1.07 bits per heavy atom. The zero-order valence-corrected chi connectivity index (χ0v) is 15.1. The second-order valence-electron chi connectivity index (χ2n) is 7.57. The molecule has 0 aromatic heterocycles. The number of anilines is 1. The van der Waals surface area contributed by atoms with E-state index in [0.29, 0.717) is 11.5 Å². The third-order valence-electron chi connectivity index (χ3n) is 6.12. The van der Waals surface area contributed by atoms with Crippen LogP contribution in [0, 0.1) is 12.8 Å². The number of fused-ring (bicyclic) bond motifs is 4. The quantitative estimate of drug-likeness (QED) is 0.582. The molecule has 2 N–H and O–H groups in total. The molecule has 0 unspecified atom stereocenters. The van der Waals surface area contributed by atoms with Gasteiger partial charge in [0.2, 0.25) is 0 Å². The van der Waals surface area contributed by atoms with Crippen molar-refractivity contribution in [1.29, 1.82) is 0 Å². The van der Waals surface area contributed by atoms with E-state index in [0.717, 1.165) is 23.2 Å². The third kappa shape index (κ3) is 2.38. The Kier molecular flexibility index (Phi) is 3.57. The van der Waals surface area contributed by atoms with Crippen LogP contribution in [0.5, 0.6) is 0 Å². The molecule has 1 aliphatic heterocycles. The van der Waals surface area contributed by atoms with Crippen LogP contribution in [0.25, 0.3) is 10.8 Å². The summed E-state index contributed by atoms with van der Waals surface area (Å²) < 4.78 is 0. The molecule has 3 aromatic rings. The second kappa shape index (κ2) is 5.98. The van der Waals surface area contributed by atoms with Gasteiger partial charge in [0.05, 0.1) is 11.6 Å². The number of aromatic carboxylic acids is 1. The van der Waals surface area contributed by atoms with E-state index in [2.05, 4.69) is 66.9 Å². The molecule has 0 amide bonds. The number of carboxylic acid groups (broad SMARTS) is 1. The highest BCUT2D eigenvalue weighted by Gasteiger charge is 2.40. The van der Waals surface area contributed by atoms with Gasteiger partial charge in [-0.1, -0.05) is 60.7 Å². The number of aryl methyl sites for hydroxylation is 1. The fraction of sp³-hybridized carbons (Fsp3) is 0.208. The summed E-state index contributed by atoms with van der Waals surface area (Å²) in [6, 6.07) is 18.8. The molecule has 134 valence electrons. The summed E-state index contributed by atoms with van der Waals surface area (Å²) in [5, 5.41) is 16.0. The molecule has 2 aliphatic rings. The Morgan fingerprint density at radius 2 is 1.89 bits per heavy atom. The monoisotopic (exact) mass is 355 g/mol. The van der Waals surface area contributed by atoms with Crippen LogP contribution in [-0.2, 0) is 0 Å². The Bertz CT molecular complexity index is 1090. The molecular weight excluding hydrogens is 334 g/mol. The molecule has 3 heteroatoms. The van der Waals surface area contributed by atoms with Crippen molar-refractivity contribution in [3.63, 3.8) is 0 Å². The number of carbonyl (C=O) groups is 1. The van der Waals surface area contributed by atoms with Crippen molar-refractivity contribution >= 4 is 22.4 Å². The molecular formula is C24H21NO2. The summed E-state index contributed by atoms with van der Waals surface area (Å²) in [4.78, 5) is 11.8. The molecule has 3 nitrogen and oxygen atoms in total. The van der Waals surface area contributed by atoms with Crippen LogP contribution in [0.15, 0.2) is 66.7 Å². The average Bonchev–Trinajstić information content (AvgIpc) is 3.17. The standard InChI is InChI=1S/C24H21NO2/c1-14-12-13-20(24(26)27)21-17-9-5-11-19(17)23(25-22(14)21)18-10-4-7-15-6-2-3-8-16(15)18/h2-10,12-13,17,19,23,25H,11H2,1H3,(H,26,27)/t17-,19+,23+/m0/s1. The minimum atomic E-state index is -0.851.